The maximum atomic E-state index is 4.89. The number of fused-ring (bicyclic) bond motifs is 1. The summed E-state index contributed by atoms with van der Waals surface area (Å²) >= 11 is 0. The Balaban J connectivity index is 0.000000201. The van der Waals surface area contributed by atoms with E-state index in [1.165, 1.54) is 66.9 Å². The van der Waals surface area contributed by atoms with Crippen LogP contribution >= 0.6 is 0 Å². The molecule has 4 bridgehead atoms. The molecule has 4 aliphatic carbocycles. The molecule has 0 spiro atoms. The molecule has 1 heterocycles. The number of aromatic nitrogens is 2. The van der Waals surface area contributed by atoms with Crippen molar-refractivity contribution in [2.75, 3.05) is 0 Å². The summed E-state index contributed by atoms with van der Waals surface area (Å²) < 4.78 is 4.64. The van der Waals surface area contributed by atoms with Crippen LogP contribution in [0.5, 0.6) is 0 Å². The van der Waals surface area contributed by atoms with Gasteiger partial charge in [0, 0.05) is 22.4 Å². The van der Waals surface area contributed by atoms with Crippen molar-refractivity contribution < 1.29 is 26.9 Å². The standard InChI is InChI=1S/C31H38N2.C22H20N.Au/c1-20(2)24-13-11-14-25(21(3)4)30(24)32-19-33(29-18-10-9-17-28(29)32)31-26(22(5)6)15-12-16-27(31)23(7)8;1-2-4-21(5-3-1)23-22-16-19-11-10-17-6-8-18(9-7-17)12-14-20(22)15-13-19;/h9-18,20-23H,1-8H3;1-9,13,15-16H,10-12,14H2;/q;-1;. The number of hydrogen-bond acceptors (Lipinski definition) is 0. The zero-order valence-corrected chi connectivity index (χ0v) is 37.1. The van der Waals surface area contributed by atoms with E-state index in [4.69, 9.17) is 5.32 Å². The van der Waals surface area contributed by atoms with Crippen molar-refractivity contribution in [3.05, 3.63) is 190 Å². The Hall–Kier alpha value is -4.67. The first-order chi connectivity index (χ1) is 27.1. The summed E-state index contributed by atoms with van der Waals surface area (Å²) in [7, 11) is 0. The van der Waals surface area contributed by atoms with Crippen molar-refractivity contribution in [1.29, 1.82) is 0 Å². The summed E-state index contributed by atoms with van der Waals surface area (Å²) in [6, 6.07) is 48.4. The molecule has 4 heteroatoms. The molecule has 0 N–H and O–H groups in total. The molecule has 0 amide bonds. The number of benzene rings is 6. The van der Waals surface area contributed by atoms with Crippen LogP contribution in [0.3, 0.4) is 0 Å². The van der Waals surface area contributed by atoms with Gasteiger partial charge in [-0.15, -0.1) is 11.4 Å². The smallest absolute Gasteiger partial charge is 0.269 e. The number of aryl methyl sites for hydroxylation is 4. The third-order valence-corrected chi connectivity index (χ3v) is 11.3. The van der Waals surface area contributed by atoms with Gasteiger partial charge in [-0.1, -0.05) is 194 Å². The Morgan fingerprint density at radius 3 is 1.58 bits per heavy atom. The van der Waals surface area contributed by atoms with Crippen LogP contribution in [0.1, 0.15) is 124 Å². The quantitative estimate of drug-likeness (QED) is 0.0823. The Kier molecular flexibility index (Phi) is 13.8. The topological polar surface area (TPSA) is 22.9 Å². The molecule has 6 aromatic carbocycles. The van der Waals surface area contributed by atoms with Gasteiger partial charge in [0.1, 0.15) is 0 Å². The predicted octanol–water partition coefficient (Wildman–Crippen LogP) is 14.1. The first-order valence-corrected chi connectivity index (χ1v) is 20.8. The molecule has 4 aliphatic rings. The molecule has 0 saturated carbocycles. The molecule has 0 fully saturated rings. The molecule has 11 rings (SSSR count). The van der Waals surface area contributed by atoms with Gasteiger partial charge in [0.25, 0.3) is 6.33 Å². The van der Waals surface area contributed by atoms with Crippen molar-refractivity contribution in [2.24, 2.45) is 0 Å². The summed E-state index contributed by atoms with van der Waals surface area (Å²) in [6.45, 7) is 18.3. The average Bonchev–Trinajstić information content (AvgIpc) is 3.58. The second-order valence-corrected chi connectivity index (χ2v) is 16.7. The van der Waals surface area contributed by atoms with Gasteiger partial charge in [0.2, 0.25) is 0 Å². The zero-order chi connectivity index (χ0) is 39.3. The summed E-state index contributed by atoms with van der Waals surface area (Å²) in [5.41, 5.74) is 18.1. The maximum Gasteiger partial charge on any atom is 0.269 e. The van der Waals surface area contributed by atoms with Crippen molar-refractivity contribution in [3.63, 3.8) is 0 Å². The molecule has 0 unspecified atom stereocenters. The third kappa shape index (κ3) is 9.39. The van der Waals surface area contributed by atoms with Gasteiger partial charge >= 0.3 is 0 Å². The molecule has 0 atom stereocenters. The molecule has 3 nitrogen and oxygen atoms in total. The van der Waals surface area contributed by atoms with Crippen LogP contribution in [0.4, 0.5) is 11.4 Å². The van der Waals surface area contributed by atoms with Crippen molar-refractivity contribution in [2.45, 2.75) is 105 Å². The van der Waals surface area contributed by atoms with E-state index >= 15 is 0 Å². The van der Waals surface area contributed by atoms with Gasteiger partial charge in [-0.05, 0) is 88.3 Å². The number of rotatable bonds is 8. The first-order valence-electron chi connectivity index (χ1n) is 20.8. The monoisotopic (exact) mass is 933 g/mol. The van der Waals surface area contributed by atoms with E-state index in [9.17, 15) is 0 Å². The molecular weight excluding hydrogens is 876 g/mol. The minimum Gasteiger partial charge on any atom is -0.658 e. The number of hydrogen-bond donors (Lipinski definition) is 0. The van der Waals surface area contributed by atoms with Crippen LogP contribution in [-0.4, -0.2) is 4.57 Å². The fraction of sp³-hybridized carbons (Fsp3) is 0.302. The minimum absolute atomic E-state index is 0. The van der Waals surface area contributed by atoms with Crippen LogP contribution in [0.25, 0.3) is 27.7 Å². The largest absolute Gasteiger partial charge is 0.658 e. The van der Waals surface area contributed by atoms with Gasteiger partial charge in [-0.3, -0.25) is 9.13 Å². The average molecular weight is 934 g/mol. The van der Waals surface area contributed by atoms with Gasteiger partial charge in [0.05, 0.1) is 22.4 Å². The second-order valence-electron chi connectivity index (χ2n) is 16.7. The summed E-state index contributed by atoms with van der Waals surface area (Å²) in [5, 5.41) is 4.89. The molecule has 1 aromatic heterocycles. The molecule has 7 aromatic rings. The van der Waals surface area contributed by atoms with Gasteiger partial charge in [0.15, 0.2) is 0 Å². The molecule has 0 saturated heterocycles. The van der Waals surface area contributed by atoms with Crippen molar-refractivity contribution in [1.82, 2.24) is 4.57 Å². The van der Waals surface area contributed by atoms with E-state index < -0.39 is 0 Å². The van der Waals surface area contributed by atoms with Crippen molar-refractivity contribution in [3.8, 4) is 11.4 Å². The van der Waals surface area contributed by atoms with Gasteiger partial charge < -0.3 is 5.32 Å². The second kappa shape index (κ2) is 18.7. The number of imidazole rings is 1. The Morgan fingerprint density at radius 2 is 1.00 bits per heavy atom. The zero-order valence-electron chi connectivity index (χ0n) is 35.0. The van der Waals surface area contributed by atoms with Crippen LogP contribution < -0.4 is 4.57 Å². The Morgan fingerprint density at radius 1 is 0.509 bits per heavy atom. The fourth-order valence-electron chi connectivity index (χ4n) is 8.09. The molecule has 0 aliphatic heterocycles. The fourth-order valence-corrected chi connectivity index (χ4v) is 8.09. The predicted molar refractivity (Wildman–Crippen MR) is 237 cm³/mol. The van der Waals surface area contributed by atoms with Gasteiger partial charge in [-0.2, -0.15) is 0 Å². The van der Waals surface area contributed by atoms with Crippen LogP contribution in [-0.2, 0) is 48.1 Å². The molecule has 57 heavy (non-hydrogen) atoms. The van der Waals surface area contributed by atoms with E-state index in [-0.39, 0.29) is 22.4 Å². The molecular formula is C53H58AuN3-. The molecule has 1 radical (unpaired) electrons. The summed E-state index contributed by atoms with van der Waals surface area (Å²) in [4.78, 5) is 0. The van der Waals surface area contributed by atoms with E-state index in [0.29, 0.717) is 23.7 Å². The van der Waals surface area contributed by atoms with Gasteiger partial charge in [-0.25, -0.2) is 0 Å². The summed E-state index contributed by atoms with van der Waals surface area (Å²) in [5.74, 6) is 1.71. The first kappa shape index (κ1) is 42.0. The van der Waals surface area contributed by atoms with E-state index in [1.54, 1.807) is 0 Å². The van der Waals surface area contributed by atoms with Crippen LogP contribution in [0, 0.1) is 6.33 Å². The third-order valence-electron chi connectivity index (χ3n) is 11.3. The normalized spacial score (nSPS) is 12.4. The number of nitrogens with zero attached hydrogens (tertiary/aromatic N) is 3. The number of para-hydroxylation sites is 5. The summed E-state index contributed by atoms with van der Waals surface area (Å²) in [6.07, 6.45) is 8.09. The minimum atomic E-state index is 0. The Bertz CT molecular complexity index is 2250. The van der Waals surface area contributed by atoms with E-state index in [2.05, 4.69) is 186 Å². The van der Waals surface area contributed by atoms with Crippen LogP contribution in [0.15, 0.2) is 133 Å². The van der Waals surface area contributed by atoms with Crippen LogP contribution in [0.2, 0.25) is 0 Å². The van der Waals surface area contributed by atoms with E-state index in [0.717, 1.165) is 37.1 Å². The van der Waals surface area contributed by atoms with E-state index in [1.807, 2.05) is 18.2 Å². The SMILES string of the molecule is CC(C)c1cccc(C(C)C)c1-n1[c-][n+](-c2c(C(C)C)cccc2C(C)C)c2ccccc21.[Au].c1ccc([N-]c2cc3ccc2CCc2ccc(cc2)CC3)cc1. The van der Waals surface area contributed by atoms with Crippen molar-refractivity contribution >= 4 is 22.4 Å². The Labute approximate surface area is 357 Å². The maximum absolute atomic E-state index is 4.89. The molecule has 297 valence electrons.